The maximum Gasteiger partial charge on any atom is 0.326 e. The summed E-state index contributed by atoms with van der Waals surface area (Å²) in [6, 6.07) is 1.56. The smallest absolute Gasteiger partial charge is 0.326 e. The number of aromatic hydroxyl groups is 1. The molecular formula is C46H77FN6O16S3. The lowest BCUT2D eigenvalue weighted by Crippen LogP contribution is -2.42. The second kappa shape index (κ2) is 50.0. The topological polar surface area (TPSA) is 337 Å². The van der Waals surface area contributed by atoms with Crippen LogP contribution in [0, 0.1) is 0 Å². The number of carboxylic acids is 2. The van der Waals surface area contributed by atoms with Gasteiger partial charge >= 0.3 is 18.0 Å². The molecule has 2 atom stereocenters. The van der Waals surface area contributed by atoms with E-state index >= 15 is 0 Å². The molecule has 1 aromatic rings. The highest BCUT2D eigenvalue weighted by Crippen LogP contribution is 2.15. The fourth-order valence-corrected chi connectivity index (χ4v) is 6.58. The molecule has 0 aliphatic heterocycles. The number of phenolic OH excluding ortho intramolecular Hbond substituents is 1. The molecule has 0 saturated heterocycles. The fraction of sp³-hybridized carbons (Fsp3) is 0.674. The number of phenols is 1. The zero-order chi connectivity index (χ0) is 54.0. The first-order chi connectivity index (χ1) is 34.7. The highest BCUT2D eigenvalue weighted by atomic mass is 32.2. The Kier molecular flexibility index (Phi) is 48.3. The van der Waals surface area contributed by atoms with Gasteiger partial charge in [0.25, 0.3) is 5.24 Å². The van der Waals surface area contributed by atoms with Crippen LogP contribution in [-0.4, -0.2) is 146 Å². The Morgan fingerprint density at radius 2 is 1.04 bits per heavy atom. The van der Waals surface area contributed by atoms with Crippen molar-refractivity contribution in [2.24, 2.45) is 5.14 Å². The summed E-state index contributed by atoms with van der Waals surface area (Å²) in [4.78, 5) is 101. The molecular weight excluding hydrogens is 1010 g/mol. The minimum absolute atomic E-state index is 0.0175. The highest BCUT2D eigenvalue weighted by Gasteiger charge is 2.22. The number of halogens is 1. The zero-order valence-electron chi connectivity index (χ0n) is 41.0. The summed E-state index contributed by atoms with van der Waals surface area (Å²) in [5, 5.41) is 41.3. The third-order valence-corrected chi connectivity index (χ3v) is 10.7. The molecule has 0 fully saturated rings. The van der Waals surface area contributed by atoms with Gasteiger partial charge in [-0.2, -0.15) is 4.39 Å². The second-order valence-corrected chi connectivity index (χ2v) is 16.8. The summed E-state index contributed by atoms with van der Waals surface area (Å²) >= 11 is 6.92. The zero-order valence-corrected chi connectivity index (χ0v) is 43.6. The lowest BCUT2D eigenvalue weighted by atomic mass is 10.0. The van der Waals surface area contributed by atoms with Crippen molar-refractivity contribution in [2.45, 2.75) is 134 Å². The van der Waals surface area contributed by atoms with Crippen LogP contribution in [0.5, 0.6) is 5.75 Å². The molecule has 412 valence electrons. The first-order valence-electron chi connectivity index (χ1n) is 23.8. The number of amides is 5. The van der Waals surface area contributed by atoms with E-state index in [1.807, 2.05) is 4.72 Å². The van der Waals surface area contributed by atoms with Crippen LogP contribution in [0.1, 0.15) is 121 Å². The molecule has 26 heteroatoms. The predicted octanol–water partition coefficient (Wildman–Crippen LogP) is 4.14. The van der Waals surface area contributed by atoms with Gasteiger partial charge in [0.15, 0.2) is 5.62 Å². The van der Waals surface area contributed by atoms with E-state index < -0.39 is 47.8 Å². The van der Waals surface area contributed by atoms with Crippen LogP contribution in [0.25, 0.3) is 0 Å². The molecule has 0 radical (unpaired) electrons. The van der Waals surface area contributed by atoms with Crippen LogP contribution in [-0.2, 0) is 63.7 Å². The number of thiol groups is 2. The Hall–Kier alpha value is -4.57. The Balaban J connectivity index is 0. The molecule has 22 nitrogen and oxygen atoms in total. The lowest BCUT2D eigenvalue weighted by Gasteiger charge is -2.14. The van der Waals surface area contributed by atoms with Crippen LogP contribution in [0.15, 0.2) is 24.3 Å². The van der Waals surface area contributed by atoms with Gasteiger partial charge in [0.2, 0.25) is 23.6 Å². The predicted molar refractivity (Wildman–Crippen MR) is 274 cm³/mol. The number of carbonyl (C=O) groups excluding carboxylic acids is 7. The van der Waals surface area contributed by atoms with E-state index in [0.717, 1.165) is 44.9 Å². The maximum atomic E-state index is 13.4. The van der Waals surface area contributed by atoms with Gasteiger partial charge in [-0.05, 0) is 37.0 Å². The van der Waals surface area contributed by atoms with Crippen molar-refractivity contribution in [3.63, 3.8) is 0 Å². The largest absolute Gasteiger partial charge is 0.508 e. The van der Waals surface area contributed by atoms with Crippen molar-refractivity contribution < 1.29 is 81.8 Å². The van der Waals surface area contributed by atoms with Gasteiger partial charge in [0.05, 0.1) is 39.6 Å². The number of benzene rings is 1. The van der Waals surface area contributed by atoms with Gasteiger partial charge in [-0.1, -0.05) is 102 Å². The summed E-state index contributed by atoms with van der Waals surface area (Å²) < 4.78 is 36.5. The van der Waals surface area contributed by atoms with Crippen LogP contribution in [0.4, 0.5) is 9.18 Å². The summed E-state index contributed by atoms with van der Waals surface area (Å²) in [6.45, 7) is 0.543. The molecule has 10 N–H and O–H groups in total. The number of carbonyl (C=O) groups is 9. The fourth-order valence-electron chi connectivity index (χ4n) is 6.28. The Bertz CT molecular complexity index is 1660. The summed E-state index contributed by atoms with van der Waals surface area (Å²) in [5.74, 6) is -3.68. The molecule has 0 aliphatic carbocycles. The second-order valence-electron chi connectivity index (χ2n) is 15.8. The van der Waals surface area contributed by atoms with Crippen molar-refractivity contribution in [2.75, 3.05) is 65.9 Å². The van der Waals surface area contributed by atoms with E-state index in [2.05, 4.69) is 52.0 Å². The minimum Gasteiger partial charge on any atom is -0.508 e. The molecule has 1 unspecified atom stereocenters. The minimum atomic E-state index is -1.70. The summed E-state index contributed by atoms with van der Waals surface area (Å²) in [7, 11) is 0. The number of hydrogen-bond donors (Lipinski definition) is 11. The van der Waals surface area contributed by atoms with Gasteiger partial charge in [-0.15, -0.1) is 12.8 Å². The number of nitrogens with one attached hydrogen (secondary N) is 5. The summed E-state index contributed by atoms with van der Waals surface area (Å²) in [5.41, 5.74) is 0.986. The number of hydrogen-bond acceptors (Lipinski definition) is 18. The average Bonchev–Trinajstić information content (AvgIpc) is 3.35. The normalized spacial score (nSPS) is 11.3. The number of unbranched alkanes of at least 4 members (excludes halogenated alkanes) is 13. The molecule has 0 bridgehead atoms. The van der Waals surface area contributed by atoms with E-state index in [4.69, 9.17) is 24.1 Å². The average molecular weight is 1090 g/mol. The standard InChI is InChI=1S/C44H71FN4O14.C2H3NO2S2.H3NS/c45-43(57)37(31-34-17-19-35(50)20-18-34)49-41(54)33-63-30-28-61-26-24-47-40(53)32-62-29-27-60-25-23-46-38(51)22-21-36(44(58)59)48-39(52)15-13-11-9-7-5-3-1-2-4-6-8-10-12-14-16-42(55)56;4-1-7-2(5)3-6;1-2/h17-20,36-37,50H,1-16,21-33H2,(H,46,51)(H,47,53)(H,48,52)(H,49,54)(H,55,56)(H,58,59);1,6H,(H,3,5);2H,1H2/t36-,37?;;/m0../s1. The molecule has 0 spiro atoms. The molecule has 0 aromatic heterocycles. The lowest BCUT2D eigenvalue weighted by molar-refractivity contribution is -0.142. The van der Waals surface area contributed by atoms with Gasteiger partial charge < -0.3 is 55.5 Å². The van der Waals surface area contributed by atoms with Crippen LogP contribution in [0.3, 0.4) is 0 Å². The Morgan fingerprint density at radius 3 is 1.49 bits per heavy atom. The summed E-state index contributed by atoms with van der Waals surface area (Å²) in [6.07, 6.45) is 15.2. The number of carboxylic acid groups (broad SMARTS) is 2. The number of nitrogens with two attached hydrogens (primary N) is 1. The van der Waals surface area contributed by atoms with Gasteiger partial charge in [0.1, 0.15) is 31.0 Å². The third kappa shape index (κ3) is 46.5. The van der Waals surface area contributed by atoms with E-state index in [1.165, 1.54) is 62.8 Å². The number of rotatable bonds is 43. The maximum absolute atomic E-state index is 13.4. The first-order valence-corrected chi connectivity index (χ1v) is 25.7. The van der Waals surface area contributed by atoms with Crippen LogP contribution >= 0.6 is 37.4 Å². The highest BCUT2D eigenvalue weighted by molar-refractivity contribution is 8.25. The number of thioether (sulfide) groups is 1. The molecule has 0 heterocycles. The number of ether oxygens (including phenoxy) is 4. The van der Waals surface area contributed by atoms with Crippen molar-refractivity contribution in [3.8, 4) is 5.75 Å². The van der Waals surface area contributed by atoms with Gasteiger partial charge in [-0.3, -0.25) is 48.2 Å². The van der Waals surface area contributed by atoms with E-state index in [1.54, 1.807) is 0 Å². The molecule has 0 saturated carbocycles. The van der Waals surface area contributed by atoms with Gasteiger partial charge in [0, 0.05) is 50.5 Å². The molecule has 1 aromatic carbocycles. The monoisotopic (exact) mass is 1080 g/mol. The Morgan fingerprint density at radius 1 is 0.597 bits per heavy atom. The van der Waals surface area contributed by atoms with Crippen molar-refractivity contribution in [1.29, 1.82) is 0 Å². The third-order valence-electron chi connectivity index (χ3n) is 9.92. The SMILES string of the molecule is NS.O=C(O)CCCCCCCCCCCCCCCCC(=O)N[C@@H](CCC(=O)NCCOCCOCC(=O)NCCOCCOCC(=O)NC(Cc1ccc(O)cc1)C(=O)F)C(=O)O.O=CSC(=O)NS. The van der Waals surface area contributed by atoms with Crippen molar-refractivity contribution >= 4 is 89.9 Å². The number of aliphatic carboxylic acids is 2. The molecule has 0 aliphatic rings. The van der Waals surface area contributed by atoms with E-state index in [0.29, 0.717) is 29.4 Å². The van der Waals surface area contributed by atoms with Crippen LogP contribution < -0.4 is 31.1 Å². The molecule has 1 rings (SSSR count). The van der Waals surface area contributed by atoms with E-state index in [9.17, 15) is 57.8 Å². The van der Waals surface area contributed by atoms with Crippen LogP contribution in [0.2, 0.25) is 0 Å². The van der Waals surface area contributed by atoms with Gasteiger partial charge in [-0.25, -0.2) is 4.79 Å². The molecule has 72 heavy (non-hydrogen) atoms. The van der Waals surface area contributed by atoms with Crippen molar-refractivity contribution in [1.82, 2.24) is 26.0 Å². The quantitative estimate of drug-likeness (QED) is 0.0189. The Labute approximate surface area is 436 Å². The first kappa shape index (κ1) is 69.5. The van der Waals surface area contributed by atoms with E-state index in [-0.39, 0.29) is 115 Å². The molecule has 5 amide bonds. The van der Waals surface area contributed by atoms with Crippen molar-refractivity contribution in [3.05, 3.63) is 29.8 Å².